The predicted molar refractivity (Wildman–Crippen MR) is 52.0 cm³/mol. The van der Waals surface area contributed by atoms with Crippen molar-refractivity contribution in [1.29, 1.82) is 5.26 Å². The Labute approximate surface area is 81.1 Å². The van der Waals surface area contributed by atoms with Crippen molar-refractivity contribution in [2.24, 2.45) is 0 Å². The summed E-state index contributed by atoms with van der Waals surface area (Å²) in [4.78, 5) is 13.5. The zero-order valence-corrected chi connectivity index (χ0v) is 8.00. The van der Waals surface area contributed by atoms with Crippen molar-refractivity contribution >= 4 is 5.69 Å². The van der Waals surface area contributed by atoms with Crippen molar-refractivity contribution < 1.29 is 4.74 Å². The summed E-state index contributed by atoms with van der Waals surface area (Å²) < 4.78 is 5.24. The smallest absolute Gasteiger partial charge is 0.252 e. The van der Waals surface area contributed by atoms with Gasteiger partial charge in [-0.25, -0.2) is 0 Å². The van der Waals surface area contributed by atoms with E-state index in [1.54, 1.807) is 13.8 Å². The molecule has 0 saturated heterocycles. The first-order valence-corrected chi connectivity index (χ1v) is 4.14. The molecule has 5 heteroatoms. The Morgan fingerprint density at radius 2 is 2.29 bits per heavy atom. The lowest BCUT2D eigenvalue weighted by molar-refractivity contribution is 0.231. The lowest BCUT2D eigenvalue weighted by Gasteiger charge is -2.10. The third-order valence-corrected chi connectivity index (χ3v) is 1.50. The summed E-state index contributed by atoms with van der Waals surface area (Å²) >= 11 is 0. The number of nitrogens with two attached hydrogens (primary N) is 1. The summed E-state index contributed by atoms with van der Waals surface area (Å²) in [5.74, 6) is 0.132. The van der Waals surface area contributed by atoms with Crippen LogP contribution >= 0.6 is 0 Å². The minimum Gasteiger partial charge on any atom is -0.475 e. The van der Waals surface area contributed by atoms with Gasteiger partial charge in [0.05, 0.1) is 11.8 Å². The Bertz CT molecular complexity index is 429. The van der Waals surface area contributed by atoms with E-state index >= 15 is 0 Å². The summed E-state index contributed by atoms with van der Waals surface area (Å²) in [7, 11) is 0. The highest BCUT2D eigenvalue weighted by atomic mass is 16.5. The lowest BCUT2D eigenvalue weighted by atomic mass is 10.2. The maximum absolute atomic E-state index is 11.0. The molecule has 0 saturated carbocycles. The molecule has 0 fully saturated rings. The monoisotopic (exact) mass is 193 g/mol. The van der Waals surface area contributed by atoms with E-state index in [-0.39, 0.29) is 28.8 Å². The first-order valence-electron chi connectivity index (χ1n) is 4.14. The number of hydrogen-bond acceptors (Lipinski definition) is 4. The van der Waals surface area contributed by atoms with Crippen molar-refractivity contribution in [2.75, 3.05) is 5.73 Å². The van der Waals surface area contributed by atoms with Gasteiger partial charge in [-0.2, -0.15) is 5.26 Å². The largest absolute Gasteiger partial charge is 0.475 e. The number of aromatic nitrogens is 1. The number of ether oxygens (including phenoxy) is 1. The molecule has 0 bridgehead atoms. The van der Waals surface area contributed by atoms with Gasteiger partial charge in [-0.15, -0.1) is 0 Å². The zero-order valence-electron chi connectivity index (χ0n) is 8.00. The quantitative estimate of drug-likeness (QED) is 0.720. The van der Waals surface area contributed by atoms with Crippen LogP contribution in [0.3, 0.4) is 0 Å². The van der Waals surface area contributed by atoms with Crippen LogP contribution < -0.4 is 16.0 Å². The third kappa shape index (κ3) is 2.04. The summed E-state index contributed by atoms with van der Waals surface area (Å²) in [6.07, 6.45) is -0.125. The maximum Gasteiger partial charge on any atom is 0.252 e. The molecule has 0 aliphatic heterocycles. The van der Waals surface area contributed by atoms with Crippen LogP contribution in [0.15, 0.2) is 10.9 Å². The molecule has 0 atom stereocenters. The number of rotatable bonds is 2. The van der Waals surface area contributed by atoms with E-state index in [0.29, 0.717) is 0 Å². The number of pyridine rings is 1. The van der Waals surface area contributed by atoms with Gasteiger partial charge in [-0.1, -0.05) is 0 Å². The highest BCUT2D eigenvalue weighted by molar-refractivity contribution is 5.57. The van der Waals surface area contributed by atoms with Crippen LogP contribution in [0.1, 0.15) is 19.4 Å². The van der Waals surface area contributed by atoms with Gasteiger partial charge in [-0.05, 0) is 13.8 Å². The average Bonchev–Trinajstić information content (AvgIpc) is 2.01. The van der Waals surface area contributed by atoms with E-state index in [9.17, 15) is 4.79 Å². The Morgan fingerprint density at radius 3 is 2.79 bits per heavy atom. The second-order valence-corrected chi connectivity index (χ2v) is 3.07. The second-order valence-electron chi connectivity index (χ2n) is 3.07. The first kappa shape index (κ1) is 10.1. The molecule has 0 spiro atoms. The molecular weight excluding hydrogens is 182 g/mol. The number of nitrogens with zero attached hydrogens (tertiary/aromatic N) is 1. The van der Waals surface area contributed by atoms with Crippen LogP contribution in [-0.2, 0) is 0 Å². The van der Waals surface area contributed by atoms with Gasteiger partial charge in [0.2, 0.25) is 5.88 Å². The fraction of sp³-hybridized carbons (Fsp3) is 0.333. The van der Waals surface area contributed by atoms with Crippen molar-refractivity contribution in [3.05, 3.63) is 22.0 Å². The number of hydrogen-bond donors (Lipinski definition) is 2. The molecule has 5 nitrogen and oxygen atoms in total. The summed E-state index contributed by atoms with van der Waals surface area (Å²) in [6, 6.07) is 3.03. The zero-order chi connectivity index (χ0) is 10.7. The first-order chi connectivity index (χ1) is 6.54. The SMILES string of the molecule is CC(C)Oc1[nH]c(=O)cc(N)c1C#N. The molecule has 1 aromatic rings. The van der Waals surface area contributed by atoms with Crippen molar-refractivity contribution in [3.63, 3.8) is 0 Å². The summed E-state index contributed by atoms with van der Waals surface area (Å²) in [5.41, 5.74) is 5.40. The minimum absolute atomic E-state index is 0.125. The highest BCUT2D eigenvalue weighted by Gasteiger charge is 2.10. The van der Waals surface area contributed by atoms with E-state index < -0.39 is 0 Å². The molecule has 14 heavy (non-hydrogen) atoms. The predicted octanol–water partition coefficient (Wildman–Crippen LogP) is 0.616. The molecule has 0 amide bonds. The number of anilines is 1. The van der Waals surface area contributed by atoms with E-state index in [1.165, 1.54) is 0 Å². The highest BCUT2D eigenvalue weighted by Crippen LogP contribution is 2.19. The molecule has 74 valence electrons. The van der Waals surface area contributed by atoms with Crippen LogP contribution in [0.4, 0.5) is 5.69 Å². The molecule has 0 aromatic carbocycles. The fourth-order valence-electron chi connectivity index (χ4n) is 0.994. The van der Waals surface area contributed by atoms with E-state index in [4.69, 9.17) is 15.7 Å². The minimum atomic E-state index is -0.378. The normalized spacial score (nSPS) is 9.86. The van der Waals surface area contributed by atoms with Crippen LogP contribution in [0.2, 0.25) is 0 Å². The average molecular weight is 193 g/mol. The van der Waals surface area contributed by atoms with E-state index in [2.05, 4.69) is 4.98 Å². The molecule has 0 aliphatic rings. The molecular formula is C9H11N3O2. The summed E-state index contributed by atoms with van der Waals surface area (Å²) in [6.45, 7) is 3.59. The van der Waals surface area contributed by atoms with E-state index in [1.807, 2.05) is 6.07 Å². The van der Waals surface area contributed by atoms with Gasteiger partial charge in [0.25, 0.3) is 5.56 Å². The number of nitrogen functional groups attached to an aromatic ring is 1. The molecule has 1 rings (SSSR count). The molecule has 0 aliphatic carbocycles. The number of nitrogens with one attached hydrogen (secondary N) is 1. The van der Waals surface area contributed by atoms with Crippen LogP contribution in [-0.4, -0.2) is 11.1 Å². The Morgan fingerprint density at radius 1 is 1.64 bits per heavy atom. The molecule has 1 heterocycles. The summed E-state index contributed by atoms with van der Waals surface area (Å²) in [5, 5.41) is 8.77. The topological polar surface area (TPSA) is 91.9 Å². The van der Waals surface area contributed by atoms with Gasteiger partial charge in [-0.3, -0.25) is 9.78 Å². The molecule has 3 N–H and O–H groups in total. The Hall–Kier alpha value is -1.96. The van der Waals surface area contributed by atoms with Gasteiger partial charge in [0.1, 0.15) is 11.6 Å². The van der Waals surface area contributed by atoms with Gasteiger partial charge < -0.3 is 10.5 Å². The molecule has 1 aromatic heterocycles. The Kier molecular flexibility index (Phi) is 2.77. The Balaban J connectivity index is 3.27. The molecule has 0 unspecified atom stereocenters. The van der Waals surface area contributed by atoms with Crippen molar-refractivity contribution in [2.45, 2.75) is 20.0 Å². The second kappa shape index (κ2) is 3.83. The molecule has 0 radical (unpaired) electrons. The van der Waals surface area contributed by atoms with Crippen molar-refractivity contribution in [1.82, 2.24) is 4.98 Å². The fourth-order valence-corrected chi connectivity index (χ4v) is 0.994. The van der Waals surface area contributed by atoms with Crippen LogP contribution in [0.5, 0.6) is 5.88 Å². The lowest BCUT2D eigenvalue weighted by Crippen LogP contribution is -2.15. The van der Waals surface area contributed by atoms with E-state index in [0.717, 1.165) is 6.07 Å². The van der Waals surface area contributed by atoms with Crippen LogP contribution in [0.25, 0.3) is 0 Å². The van der Waals surface area contributed by atoms with Crippen molar-refractivity contribution in [3.8, 4) is 11.9 Å². The maximum atomic E-state index is 11.0. The number of H-pyrrole nitrogens is 1. The van der Waals surface area contributed by atoms with Crippen LogP contribution in [0, 0.1) is 11.3 Å². The van der Waals surface area contributed by atoms with Gasteiger partial charge >= 0.3 is 0 Å². The van der Waals surface area contributed by atoms with Gasteiger partial charge in [0.15, 0.2) is 0 Å². The van der Waals surface area contributed by atoms with Gasteiger partial charge in [0, 0.05) is 6.07 Å². The standard InChI is InChI=1S/C9H11N3O2/c1-5(2)14-9-6(4-10)7(11)3-8(13)12-9/h3,5H,1-2H3,(H3,11,12,13). The third-order valence-electron chi connectivity index (χ3n) is 1.50. The number of aromatic amines is 1. The number of nitriles is 1.